The van der Waals surface area contributed by atoms with Gasteiger partial charge in [0.15, 0.2) is 0 Å². The summed E-state index contributed by atoms with van der Waals surface area (Å²) in [6.45, 7) is 2.15. The van der Waals surface area contributed by atoms with Gasteiger partial charge in [0.1, 0.15) is 0 Å². The van der Waals surface area contributed by atoms with E-state index in [2.05, 4.69) is 72.5 Å². The second-order valence-corrected chi connectivity index (χ2v) is 7.32. The Morgan fingerprint density at radius 3 is 2.31 bits per heavy atom. The average molecular weight is 339 g/mol. The van der Waals surface area contributed by atoms with E-state index >= 15 is 0 Å². The lowest BCUT2D eigenvalue weighted by molar-refractivity contribution is 0.0505. The van der Waals surface area contributed by atoms with Gasteiger partial charge in [0, 0.05) is 5.56 Å². The van der Waals surface area contributed by atoms with Crippen LogP contribution in [-0.4, -0.2) is 10.8 Å². The van der Waals surface area contributed by atoms with Crippen LogP contribution in [0.3, 0.4) is 0 Å². The molecule has 0 fully saturated rings. The second kappa shape index (κ2) is 5.57. The van der Waals surface area contributed by atoms with Gasteiger partial charge in [0.25, 0.3) is 5.91 Å². The smallest absolute Gasteiger partial charge is 0.255 e. The first-order valence-corrected chi connectivity index (χ1v) is 9.30. The lowest BCUT2D eigenvalue weighted by Crippen LogP contribution is -2.44. The van der Waals surface area contributed by atoms with Crippen LogP contribution in [0.15, 0.2) is 78.9 Å². The van der Waals surface area contributed by atoms with Crippen molar-refractivity contribution in [3.05, 3.63) is 107 Å². The van der Waals surface area contributed by atoms with Crippen LogP contribution in [0, 0.1) is 0 Å². The van der Waals surface area contributed by atoms with Gasteiger partial charge in [-0.05, 0) is 48.1 Å². The van der Waals surface area contributed by atoms with E-state index < -0.39 is 0 Å². The quantitative estimate of drug-likeness (QED) is 0.636. The number of rotatable bonds is 2. The van der Waals surface area contributed by atoms with Crippen molar-refractivity contribution >= 4 is 5.91 Å². The third-order valence-electron chi connectivity index (χ3n) is 6.12. The summed E-state index contributed by atoms with van der Waals surface area (Å²) in [4.78, 5) is 15.6. The fourth-order valence-corrected chi connectivity index (χ4v) is 4.97. The molecule has 1 aliphatic carbocycles. The van der Waals surface area contributed by atoms with Crippen LogP contribution < -0.4 is 0 Å². The van der Waals surface area contributed by atoms with Gasteiger partial charge in [-0.15, -0.1) is 0 Å². The van der Waals surface area contributed by atoms with Crippen molar-refractivity contribution in [2.45, 2.75) is 31.3 Å². The molecule has 1 aliphatic heterocycles. The Hall–Kier alpha value is -2.87. The normalized spacial score (nSPS) is 21.7. The van der Waals surface area contributed by atoms with Crippen molar-refractivity contribution in [1.29, 1.82) is 0 Å². The van der Waals surface area contributed by atoms with Gasteiger partial charge in [-0.25, -0.2) is 0 Å². The molecular weight excluding hydrogens is 318 g/mol. The number of fused-ring (bicyclic) bond motifs is 4. The molecule has 0 saturated heterocycles. The van der Waals surface area contributed by atoms with Gasteiger partial charge < -0.3 is 4.90 Å². The Bertz CT molecular complexity index is 994. The monoisotopic (exact) mass is 339 g/mol. The molecule has 2 aliphatic rings. The molecule has 2 nitrogen and oxygen atoms in total. The van der Waals surface area contributed by atoms with E-state index in [-0.39, 0.29) is 17.5 Å². The van der Waals surface area contributed by atoms with Gasteiger partial charge in [0.2, 0.25) is 0 Å². The van der Waals surface area contributed by atoms with Crippen LogP contribution in [0.5, 0.6) is 0 Å². The SMILES string of the molecule is C[C@@H](c1ccccc1)N1C(=O)c2ccccc2[C@@]12CCc1ccccc12. The summed E-state index contributed by atoms with van der Waals surface area (Å²) in [5.41, 5.74) is 5.50. The van der Waals surface area contributed by atoms with Gasteiger partial charge in [-0.2, -0.15) is 0 Å². The molecule has 2 heteroatoms. The van der Waals surface area contributed by atoms with E-state index in [0.29, 0.717) is 0 Å². The molecule has 0 saturated carbocycles. The van der Waals surface area contributed by atoms with Crippen molar-refractivity contribution in [2.24, 2.45) is 0 Å². The average Bonchev–Trinajstić information content (AvgIpc) is 3.20. The number of nitrogens with zero attached hydrogens (tertiary/aromatic N) is 1. The molecule has 0 aromatic heterocycles. The first kappa shape index (κ1) is 15.4. The van der Waals surface area contributed by atoms with Gasteiger partial charge in [0.05, 0.1) is 11.6 Å². The Morgan fingerprint density at radius 1 is 0.846 bits per heavy atom. The van der Waals surface area contributed by atoms with Crippen LogP contribution in [0.1, 0.15) is 52.0 Å². The minimum atomic E-state index is -0.348. The van der Waals surface area contributed by atoms with E-state index in [1.165, 1.54) is 16.7 Å². The molecule has 5 rings (SSSR count). The van der Waals surface area contributed by atoms with E-state index in [0.717, 1.165) is 24.0 Å². The molecule has 0 unspecified atom stereocenters. The minimum Gasteiger partial charge on any atom is -0.318 e. The summed E-state index contributed by atoms with van der Waals surface area (Å²) < 4.78 is 0. The molecule has 0 bridgehead atoms. The van der Waals surface area contributed by atoms with Crippen molar-refractivity contribution in [2.75, 3.05) is 0 Å². The molecule has 1 heterocycles. The zero-order valence-corrected chi connectivity index (χ0v) is 14.9. The summed E-state index contributed by atoms with van der Waals surface area (Å²) in [5, 5.41) is 0. The number of benzene rings is 3. The van der Waals surface area contributed by atoms with E-state index in [4.69, 9.17) is 0 Å². The highest BCUT2D eigenvalue weighted by molar-refractivity contribution is 6.01. The predicted molar refractivity (Wildman–Crippen MR) is 103 cm³/mol. The minimum absolute atomic E-state index is 0.0160. The first-order chi connectivity index (χ1) is 12.7. The molecule has 3 aromatic rings. The highest BCUT2D eigenvalue weighted by atomic mass is 16.2. The fraction of sp³-hybridized carbons (Fsp3) is 0.208. The molecule has 3 aromatic carbocycles. The zero-order valence-electron chi connectivity index (χ0n) is 14.9. The summed E-state index contributed by atoms with van der Waals surface area (Å²) in [6, 6.07) is 27.2. The van der Waals surface area contributed by atoms with Crippen LogP contribution in [-0.2, 0) is 12.0 Å². The Balaban J connectivity index is 1.76. The van der Waals surface area contributed by atoms with Crippen LogP contribution in [0.4, 0.5) is 0 Å². The Morgan fingerprint density at radius 2 is 1.50 bits per heavy atom. The van der Waals surface area contributed by atoms with Gasteiger partial charge in [-0.1, -0.05) is 72.8 Å². The number of aryl methyl sites for hydroxylation is 1. The standard InChI is InChI=1S/C24H21NO/c1-17(18-9-3-2-4-10-18)25-23(26)20-12-6-8-14-22(20)24(25)16-15-19-11-5-7-13-21(19)24/h2-14,17H,15-16H2,1H3/t17-,24-/m0/s1. The van der Waals surface area contributed by atoms with E-state index in [9.17, 15) is 4.79 Å². The largest absolute Gasteiger partial charge is 0.318 e. The molecule has 0 N–H and O–H groups in total. The summed E-state index contributed by atoms with van der Waals surface area (Å²) in [6.07, 6.45) is 1.96. The first-order valence-electron chi connectivity index (χ1n) is 9.30. The molecule has 0 radical (unpaired) electrons. The molecule has 2 atom stereocenters. The van der Waals surface area contributed by atoms with Crippen molar-refractivity contribution in [3.63, 3.8) is 0 Å². The number of hydrogen-bond acceptors (Lipinski definition) is 1. The highest BCUT2D eigenvalue weighted by Gasteiger charge is 2.55. The second-order valence-electron chi connectivity index (χ2n) is 7.32. The van der Waals surface area contributed by atoms with Crippen molar-refractivity contribution < 1.29 is 4.79 Å². The molecule has 128 valence electrons. The maximum Gasteiger partial charge on any atom is 0.255 e. The molecular formula is C24H21NO. The van der Waals surface area contributed by atoms with Crippen LogP contribution in [0.25, 0.3) is 0 Å². The topological polar surface area (TPSA) is 20.3 Å². The van der Waals surface area contributed by atoms with E-state index in [1.54, 1.807) is 0 Å². The van der Waals surface area contributed by atoms with Crippen molar-refractivity contribution in [1.82, 2.24) is 4.90 Å². The van der Waals surface area contributed by atoms with Crippen molar-refractivity contribution in [3.8, 4) is 0 Å². The molecule has 1 spiro atoms. The maximum atomic E-state index is 13.5. The lowest BCUT2D eigenvalue weighted by atomic mass is 9.83. The third kappa shape index (κ3) is 1.90. The number of amides is 1. The lowest BCUT2D eigenvalue weighted by Gasteiger charge is -2.41. The number of carbonyl (C=O) groups excluding carboxylic acids is 1. The fourth-order valence-electron chi connectivity index (χ4n) is 4.97. The van der Waals surface area contributed by atoms with Crippen LogP contribution in [0.2, 0.25) is 0 Å². The van der Waals surface area contributed by atoms with E-state index in [1.807, 2.05) is 18.2 Å². The number of hydrogen-bond donors (Lipinski definition) is 0. The van der Waals surface area contributed by atoms with Crippen LogP contribution >= 0.6 is 0 Å². The Labute approximate surface area is 154 Å². The summed E-state index contributed by atoms with van der Waals surface area (Å²) >= 11 is 0. The highest BCUT2D eigenvalue weighted by Crippen LogP contribution is 2.54. The predicted octanol–water partition coefficient (Wildman–Crippen LogP) is 5.09. The van der Waals surface area contributed by atoms with Gasteiger partial charge in [-0.3, -0.25) is 4.79 Å². The Kier molecular flexibility index (Phi) is 3.30. The van der Waals surface area contributed by atoms with Gasteiger partial charge >= 0.3 is 0 Å². The zero-order chi connectivity index (χ0) is 17.7. The third-order valence-corrected chi connectivity index (χ3v) is 6.12. The molecule has 26 heavy (non-hydrogen) atoms. The summed E-state index contributed by atoms with van der Waals surface area (Å²) in [7, 11) is 0. The summed E-state index contributed by atoms with van der Waals surface area (Å²) in [5.74, 6) is 0.147. The number of carbonyl (C=O) groups is 1. The maximum absolute atomic E-state index is 13.5. The molecule has 1 amide bonds.